The topological polar surface area (TPSA) is 64.0 Å². The fourth-order valence-electron chi connectivity index (χ4n) is 3.12. The molecule has 144 valence electrons. The number of carbonyl (C=O) groups is 1. The zero-order valence-electron chi connectivity index (χ0n) is 15.7. The van der Waals surface area contributed by atoms with Crippen molar-refractivity contribution in [3.63, 3.8) is 0 Å². The van der Waals surface area contributed by atoms with Gasteiger partial charge in [-0.25, -0.2) is 4.98 Å². The summed E-state index contributed by atoms with van der Waals surface area (Å²) in [6.45, 7) is 2.35. The van der Waals surface area contributed by atoms with E-state index in [1.807, 2.05) is 49.4 Å². The number of benzene rings is 2. The average Bonchev–Trinajstić information content (AvgIpc) is 2.73. The molecule has 0 saturated carbocycles. The van der Waals surface area contributed by atoms with E-state index >= 15 is 0 Å². The molecule has 0 fully saturated rings. The maximum Gasteiger partial charge on any atom is 0.265 e. The van der Waals surface area contributed by atoms with E-state index in [0.29, 0.717) is 17.9 Å². The van der Waals surface area contributed by atoms with Crippen LogP contribution in [0.1, 0.15) is 21.5 Å². The molecule has 4 aromatic rings. The van der Waals surface area contributed by atoms with Crippen molar-refractivity contribution in [3.05, 3.63) is 104 Å². The molecule has 0 unspecified atom stereocenters. The van der Waals surface area contributed by atoms with E-state index in [9.17, 15) is 9.59 Å². The molecule has 6 heteroatoms. The molecule has 2 aromatic carbocycles. The largest absolute Gasteiger partial charge is 0.322 e. The number of nitrogens with one attached hydrogen (secondary N) is 1. The first kappa shape index (κ1) is 19.1. The van der Waals surface area contributed by atoms with Gasteiger partial charge < -0.3 is 5.32 Å². The summed E-state index contributed by atoms with van der Waals surface area (Å²) in [6, 6.07) is 20.4. The van der Waals surface area contributed by atoms with Crippen molar-refractivity contribution in [1.82, 2.24) is 9.55 Å². The third-order valence-corrected chi connectivity index (χ3v) is 5.18. The molecule has 0 atom stereocenters. The van der Waals surface area contributed by atoms with Crippen LogP contribution >= 0.6 is 15.9 Å². The van der Waals surface area contributed by atoms with Crippen LogP contribution in [0.4, 0.5) is 5.69 Å². The lowest BCUT2D eigenvalue weighted by Crippen LogP contribution is -2.30. The Labute approximate surface area is 176 Å². The number of rotatable bonds is 4. The average molecular weight is 448 g/mol. The van der Waals surface area contributed by atoms with E-state index in [-0.39, 0.29) is 11.1 Å². The Bertz CT molecular complexity index is 1250. The third-order valence-electron chi connectivity index (χ3n) is 4.66. The number of amides is 1. The van der Waals surface area contributed by atoms with Crippen molar-refractivity contribution in [2.45, 2.75) is 13.5 Å². The van der Waals surface area contributed by atoms with Crippen molar-refractivity contribution in [2.24, 2.45) is 0 Å². The number of nitrogens with zero attached hydrogens (tertiary/aromatic N) is 2. The van der Waals surface area contributed by atoms with Gasteiger partial charge in [-0.2, -0.15) is 0 Å². The van der Waals surface area contributed by atoms with Crippen LogP contribution < -0.4 is 10.9 Å². The summed E-state index contributed by atoms with van der Waals surface area (Å²) in [7, 11) is 0. The predicted octanol–water partition coefficient (Wildman–Crippen LogP) is 4.77. The lowest BCUT2D eigenvalue weighted by atomic mass is 10.1. The molecule has 4 rings (SSSR count). The van der Waals surface area contributed by atoms with Gasteiger partial charge in [-0.05, 0) is 55.0 Å². The fourth-order valence-corrected chi connectivity index (χ4v) is 3.39. The van der Waals surface area contributed by atoms with Crippen LogP contribution in [0.2, 0.25) is 0 Å². The summed E-state index contributed by atoms with van der Waals surface area (Å²) in [4.78, 5) is 30.4. The van der Waals surface area contributed by atoms with Gasteiger partial charge in [0.2, 0.25) is 0 Å². The van der Waals surface area contributed by atoms with E-state index in [2.05, 4.69) is 26.2 Å². The Morgan fingerprint density at radius 3 is 2.52 bits per heavy atom. The minimum absolute atomic E-state index is 0.0838. The molecule has 1 N–H and O–H groups in total. The van der Waals surface area contributed by atoms with Gasteiger partial charge >= 0.3 is 0 Å². The minimum atomic E-state index is -0.444. The second-order valence-electron chi connectivity index (χ2n) is 6.81. The van der Waals surface area contributed by atoms with Gasteiger partial charge in [-0.15, -0.1) is 0 Å². The number of aryl methyl sites for hydroxylation is 1. The molecule has 0 radical (unpaired) electrons. The summed E-state index contributed by atoms with van der Waals surface area (Å²) in [5.74, 6) is -0.444. The second-order valence-corrected chi connectivity index (χ2v) is 7.73. The summed E-state index contributed by atoms with van der Waals surface area (Å²) in [5, 5.41) is 3.53. The predicted molar refractivity (Wildman–Crippen MR) is 118 cm³/mol. The summed E-state index contributed by atoms with van der Waals surface area (Å²) in [6.07, 6.45) is 1.65. The molecule has 2 aromatic heterocycles. The maximum absolute atomic E-state index is 13.2. The van der Waals surface area contributed by atoms with Gasteiger partial charge in [0.1, 0.15) is 11.2 Å². The number of carbonyl (C=O) groups excluding carboxylic acids is 1. The van der Waals surface area contributed by atoms with Gasteiger partial charge in [-0.1, -0.05) is 45.8 Å². The van der Waals surface area contributed by atoms with Crippen molar-refractivity contribution in [1.29, 1.82) is 0 Å². The monoisotopic (exact) mass is 447 g/mol. The normalized spacial score (nSPS) is 10.8. The van der Waals surface area contributed by atoms with Crippen LogP contribution in [0.3, 0.4) is 0 Å². The standard InChI is InChI=1S/C23H18BrN3O2/c1-15-4-6-16(7-5-15)14-27-21-17(3-2-12-25-21)13-20(23(27)29)22(28)26-19-10-8-18(24)9-11-19/h2-13H,14H2,1H3,(H,26,28). The van der Waals surface area contributed by atoms with Crippen molar-refractivity contribution >= 4 is 38.6 Å². The van der Waals surface area contributed by atoms with E-state index < -0.39 is 5.91 Å². The Morgan fingerprint density at radius 2 is 1.79 bits per heavy atom. The first-order valence-electron chi connectivity index (χ1n) is 9.12. The number of halogens is 1. The summed E-state index contributed by atoms with van der Waals surface area (Å²) < 4.78 is 2.46. The number of aromatic nitrogens is 2. The van der Waals surface area contributed by atoms with Crippen molar-refractivity contribution < 1.29 is 4.79 Å². The molecule has 1 amide bonds. The van der Waals surface area contributed by atoms with Crippen LogP contribution in [0, 0.1) is 6.92 Å². The minimum Gasteiger partial charge on any atom is -0.322 e. The fraction of sp³-hybridized carbons (Fsp3) is 0.0870. The summed E-state index contributed by atoms with van der Waals surface area (Å²) >= 11 is 3.37. The Balaban J connectivity index is 1.77. The Morgan fingerprint density at radius 1 is 1.07 bits per heavy atom. The highest BCUT2D eigenvalue weighted by Crippen LogP contribution is 2.17. The number of pyridine rings is 2. The molecule has 29 heavy (non-hydrogen) atoms. The number of hydrogen-bond acceptors (Lipinski definition) is 3. The van der Waals surface area contributed by atoms with Crippen molar-refractivity contribution in [3.8, 4) is 0 Å². The first-order chi connectivity index (χ1) is 14.0. The van der Waals surface area contributed by atoms with E-state index in [1.165, 1.54) is 0 Å². The van der Waals surface area contributed by atoms with Crippen LogP contribution in [0.15, 0.2) is 82.2 Å². The number of hydrogen-bond donors (Lipinski definition) is 1. The molecule has 2 heterocycles. The quantitative estimate of drug-likeness (QED) is 0.489. The zero-order valence-corrected chi connectivity index (χ0v) is 17.3. The maximum atomic E-state index is 13.2. The lowest BCUT2D eigenvalue weighted by molar-refractivity contribution is 0.102. The molecule has 0 spiro atoms. The number of fused-ring (bicyclic) bond motifs is 1. The van der Waals surface area contributed by atoms with Crippen LogP contribution in [-0.4, -0.2) is 15.5 Å². The van der Waals surface area contributed by atoms with Gasteiger partial charge in [0.05, 0.1) is 6.54 Å². The SMILES string of the molecule is Cc1ccc(Cn2c(=O)c(C(=O)Nc3ccc(Br)cc3)cc3cccnc32)cc1. The first-order valence-corrected chi connectivity index (χ1v) is 9.91. The Hall–Kier alpha value is -3.25. The Kier molecular flexibility index (Phi) is 5.27. The zero-order chi connectivity index (χ0) is 20.4. The van der Waals surface area contributed by atoms with Crippen LogP contribution in [-0.2, 0) is 6.54 Å². The van der Waals surface area contributed by atoms with Gasteiger partial charge in [0, 0.05) is 21.7 Å². The van der Waals surface area contributed by atoms with Gasteiger partial charge in [-0.3, -0.25) is 14.2 Å². The molecule has 0 bridgehead atoms. The van der Waals surface area contributed by atoms with Gasteiger partial charge in [0.15, 0.2) is 0 Å². The highest BCUT2D eigenvalue weighted by molar-refractivity contribution is 9.10. The van der Waals surface area contributed by atoms with Crippen LogP contribution in [0.5, 0.6) is 0 Å². The van der Waals surface area contributed by atoms with E-state index in [1.54, 1.807) is 35.0 Å². The molecule has 0 aliphatic rings. The van der Waals surface area contributed by atoms with E-state index in [0.717, 1.165) is 21.0 Å². The molecule has 0 saturated heterocycles. The summed E-state index contributed by atoms with van der Waals surface area (Å²) in [5.41, 5.74) is 3.00. The highest BCUT2D eigenvalue weighted by atomic mass is 79.9. The van der Waals surface area contributed by atoms with E-state index in [4.69, 9.17) is 0 Å². The highest BCUT2D eigenvalue weighted by Gasteiger charge is 2.17. The molecule has 0 aliphatic heterocycles. The van der Waals surface area contributed by atoms with Crippen molar-refractivity contribution in [2.75, 3.05) is 5.32 Å². The molecule has 5 nitrogen and oxygen atoms in total. The third kappa shape index (κ3) is 4.12. The number of anilines is 1. The molecule has 0 aliphatic carbocycles. The smallest absolute Gasteiger partial charge is 0.265 e. The lowest BCUT2D eigenvalue weighted by Gasteiger charge is -2.13. The van der Waals surface area contributed by atoms with Crippen LogP contribution in [0.25, 0.3) is 11.0 Å². The second kappa shape index (κ2) is 8.01. The molecular weight excluding hydrogens is 430 g/mol. The molecular formula is C23H18BrN3O2. The van der Waals surface area contributed by atoms with Gasteiger partial charge in [0.25, 0.3) is 11.5 Å².